The maximum Gasteiger partial charge on any atom is 0.275 e. The predicted octanol–water partition coefficient (Wildman–Crippen LogP) is 4.83. The molecule has 1 saturated heterocycles. The number of carbonyl (C=O) groups excluding carboxylic acids is 1. The average Bonchev–Trinajstić information content (AvgIpc) is 3.43. The van der Waals surface area contributed by atoms with Gasteiger partial charge in [-0.2, -0.15) is 5.10 Å². The lowest BCUT2D eigenvalue weighted by Crippen LogP contribution is -2.36. The number of likely N-dealkylation sites (tertiary alicyclic amines) is 1. The van der Waals surface area contributed by atoms with Crippen LogP contribution in [0.5, 0.6) is 0 Å². The van der Waals surface area contributed by atoms with Gasteiger partial charge in [0.1, 0.15) is 0 Å². The second-order valence-electron chi connectivity index (χ2n) is 7.38. The number of carbonyl (C=O) groups is 1. The first-order chi connectivity index (χ1) is 14.3. The topological polar surface area (TPSA) is 51.0 Å². The molecule has 0 atom stereocenters. The summed E-state index contributed by atoms with van der Waals surface area (Å²) in [7, 11) is 0. The van der Waals surface area contributed by atoms with Crippen molar-refractivity contribution in [1.29, 1.82) is 0 Å². The van der Waals surface area contributed by atoms with E-state index in [1.165, 1.54) is 6.42 Å². The number of pyridine rings is 1. The Morgan fingerprint density at radius 3 is 2.59 bits per heavy atom. The van der Waals surface area contributed by atoms with Crippen LogP contribution in [0.1, 0.15) is 35.3 Å². The second-order valence-corrected chi connectivity index (χ2v) is 8.33. The van der Waals surface area contributed by atoms with Gasteiger partial charge in [0.2, 0.25) is 0 Å². The Hall–Kier alpha value is -2.99. The van der Waals surface area contributed by atoms with Gasteiger partial charge in [-0.05, 0) is 42.3 Å². The SMILES string of the molecule is O=C(c1nn(Cc2ccccc2)c2nccc(-c3cccs3)c12)N1CCCCC1. The molecule has 4 aromatic rings. The quantitative estimate of drug-likeness (QED) is 0.491. The van der Waals surface area contributed by atoms with Crippen molar-refractivity contribution in [3.63, 3.8) is 0 Å². The zero-order chi connectivity index (χ0) is 19.6. The van der Waals surface area contributed by atoms with Crippen LogP contribution >= 0.6 is 11.3 Å². The van der Waals surface area contributed by atoms with Crippen molar-refractivity contribution < 1.29 is 4.79 Å². The maximum absolute atomic E-state index is 13.4. The van der Waals surface area contributed by atoms with Crippen LogP contribution < -0.4 is 0 Å². The van der Waals surface area contributed by atoms with Crippen molar-refractivity contribution in [1.82, 2.24) is 19.7 Å². The molecule has 0 bridgehead atoms. The monoisotopic (exact) mass is 402 g/mol. The molecule has 0 N–H and O–H groups in total. The molecule has 0 aliphatic carbocycles. The lowest BCUT2D eigenvalue weighted by Gasteiger charge is -2.26. The van der Waals surface area contributed by atoms with Gasteiger partial charge in [0.05, 0.1) is 11.9 Å². The van der Waals surface area contributed by atoms with Crippen LogP contribution in [-0.4, -0.2) is 38.7 Å². The van der Waals surface area contributed by atoms with Gasteiger partial charge in [-0.3, -0.25) is 4.79 Å². The van der Waals surface area contributed by atoms with Crippen molar-refractivity contribution in [2.24, 2.45) is 0 Å². The maximum atomic E-state index is 13.4. The average molecular weight is 403 g/mol. The fourth-order valence-electron chi connectivity index (χ4n) is 4.00. The number of thiophene rings is 1. The van der Waals surface area contributed by atoms with Crippen LogP contribution in [-0.2, 0) is 6.54 Å². The summed E-state index contributed by atoms with van der Waals surface area (Å²) in [5.41, 5.74) is 3.45. The highest BCUT2D eigenvalue weighted by molar-refractivity contribution is 7.13. The fourth-order valence-corrected chi connectivity index (χ4v) is 4.76. The predicted molar refractivity (Wildman–Crippen MR) is 116 cm³/mol. The number of benzene rings is 1. The number of fused-ring (bicyclic) bond motifs is 1. The van der Waals surface area contributed by atoms with E-state index in [1.807, 2.05) is 46.1 Å². The zero-order valence-electron chi connectivity index (χ0n) is 16.1. The molecular formula is C23H22N4OS. The molecule has 1 fully saturated rings. The van der Waals surface area contributed by atoms with Gasteiger partial charge in [0.25, 0.3) is 5.91 Å². The zero-order valence-corrected chi connectivity index (χ0v) is 16.9. The Kier molecular flexibility index (Phi) is 4.86. The molecule has 1 aromatic carbocycles. The number of hydrogen-bond acceptors (Lipinski definition) is 4. The summed E-state index contributed by atoms with van der Waals surface area (Å²) in [6.07, 6.45) is 5.12. The molecular weight excluding hydrogens is 380 g/mol. The van der Waals surface area contributed by atoms with E-state index in [-0.39, 0.29) is 5.91 Å². The number of amides is 1. The Morgan fingerprint density at radius 2 is 1.83 bits per heavy atom. The van der Waals surface area contributed by atoms with E-state index in [2.05, 4.69) is 28.6 Å². The van der Waals surface area contributed by atoms with Gasteiger partial charge >= 0.3 is 0 Å². The minimum Gasteiger partial charge on any atom is -0.337 e. The molecule has 29 heavy (non-hydrogen) atoms. The Balaban J connectivity index is 1.66. The van der Waals surface area contributed by atoms with E-state index >= 15 is 0 Å². The fraction of sp³-hybridized carbons (Fsp3) is 0.261. The molecule has 0 saturated carbocycles. The third-order valence-electron chi connectivity index (χ3n) is 5.44. The normalized spacial score (nSPS) is 14.4. The molecule has 5 nitrogen and oxygen atoms in total. The van der Waals surface area contributed by atoms with Crippen LogP contribution in [0, 0.1) is 0 Å². The smallest absolute Gasteiger partial charge is 0.275 e. The summed E-state index contributed by atoms with van der Waals surface area (Å²) in [4.78, 5) is 21.1. The van der Waals surface area contributed by atoms with Gasteiger partial charge in [0.15, 0.2) is 11.3 Å². The second kappa shape index (κ2) is 7.79. The number of piperidine rings is 1. The lowest BCUT2D eigenvalue weighted by molar-refractivity contribution is 0.0719. The third kappa shape index (κ3) is 3.44. The van der Waals surface area contributed by atoms with Crippen molar-refractivity contribution >= 4 is 28.3 Å². The summed E-state index contributed by atoms with van der Waals surface area (Å²) in [6, 6.07) is 16.3. The first-order valence-electron chi connectivity index (χ1n) is 10.0. The number of nitrogens with zero attached hydrogens (tertiary/aromatic N) is 4. The van der Waals surface area contributed by atoms with Gasteiger partial charge in [-0.1, -0.05) is 36.4 Å². The third-order valence-corrected chi connectivity index (χ3v) is 6.34. The van der Waals surface area contributed by atoms with Gasteiger partial charge < -0.3 is 4.90 Å². The molecule has 146 valence electrons. The van der Waals surface area contributed by atoms with Crippen LogP contribution in [0.25, 0.3) is 21.5 Å². The molecule has 5 rings (SSSR count). The molecule has 0 radical (unpaired) electrons. The van der Waals surface area contributed by atoms with E-state index in [1.54, 1.807) is 11.3 Å². The van der Waals surface area contributed by atoms with Crippen molar-refractivity contribution in [3.8, 4) is 10.4 Å². The minimum atomic E-state index is 0.0207. The Morgan fingerprint density at radius 1 is 1.00 bits per heavy atom. The highest BCUT2D eigenvalue weighted by Crippen LogP contribution is 2.34. The summed E-state index contributed by atoms with van der Waals surface area (Å²) < 4.78 is 1.87. The van der Waals surface area contributed by atoms with E-state index in [0.717, 1.165) is 53.0 Å². The number of hydrogen-bond donors (Lipinski definition) is 0. The summed E-state index contributed by atoms with van der Waals surface area (Å²) in [5, 5.41) is 7.72. The number of aromatic nitrogens is 3. The minimum absolute atomic E-state index is 0.0207. The van der Waals surface area contributed by atoms with Crippen molar-refractivity contribution in [2.45, 2.75) is 25.8 Å². The molecule has 0 unspecified atom stereocenters. The summed E-state index contributed by atoms with van der Waals surface area (Å²) >= 11 is 1.67. The summed E-state index contributed by atoms with van der Waals surface area (Å²) in [6.45, 7) is 2.20. The van der Waals surface area contributed by atoms with E-state index in [0.29, 0.717) is 12.2 Å². The standard InChI is InChI=1S/C23H22N4OS/c28-23(26-13-5-2-6-14-26)21-20-18(19-10-7-15-29-19)11-12-24-22(20)27(25-21)16-17-8-3-1-4-9-17/h1,3-4,7-12,15H,2,5-6,13-14,16H2. The van der Waals surface area contributed by atoms with Crippen LogP contribution in [0.3, 0.4) is 0 Å². The van der Waals surface area contributed by atoms with E-state index in [9.17, 15) is 4.79 Å². The molecule has 4 heterocycles. The summed E-state index contributed by atoms with van der Waals surface area (Å²) in [5.74, 6) is 0.0207. The van der Waals surface area contributed by atoms with Crippen molar-refractivity contribution in [2.75, 3.05) is 13.1 Å². The van der Waals surface area contributed by atoms with Gasteiger partial charge in [-0.15, -0.1) is 11.3 Å². The van der Waals surface area contributed by atoms with Gasteiger partial charge in [-0.25, -0.2) is 9.67 Å². The van der Waals surface area contributed by atoms with Gasteiger partial charge in [0, 0.05) is 29.7 Å². The molecule has 1 amide bonds. The molecule has 6 heteroatoms. The highest BCUT2D eigenvalue weighted by atomic mass is 32.1. The molecule has 1 aliphatic rings. The van der Waals surface area contributed by atoms with Crippen molar-refractivity contribution in [3.05, 3.63) is 71.4 Å². The first kappa shape index (κ1) is 18.1. The largest absolute Gasteiger partial charge is 0.337 e. The molecule has 1 aliphatic heterocycles. The van der Waals surface area contributed by atoms with E-state index in [4.69, 9.17) is 5.10 Å². The highest BCUT2D eigenvalue weighted by Gasteiger charge is 2.26. The first-order valence-corrected chi connectivity index (χ1v) is 10.9. The van der Waals surface area contributed by atoms with Crippen LogP contribution in [0.15, 0.2) is 60.1 Å². The van der Waals surface area contributed by atoms with E-state index < -0.39 is 0 Å². The number of rotatable bonds is 4. The lowest BCUT2D eigenvalue weighted by atomic mass is 10.1. The van der Waals surface area contributed by atoms with Crippen LogP contribution in [0.4, 0.5) is 0 Å². The Labute approximate surface area is 173 Å². The molecule has 3 aromatic heterocycles. The van der Waals surface area contributed by atoms with Crippen LogP contribution in [0.2, 0.25) is 0 Å². The molecule has 0 spiro atoms. The Bertz CT molecular complexity index is 1130.